The molecule has 0 unspecified atom stereocenters. The lowest BCUT2D eigenvalue weighted by Crippen LogP contribution is -2.42. The molecule has 0 radical (unpaired) electrons. The number of halogens is 2. The van der Waals surface area contributed by atoms with Crippen LogP contribution in [0.1, 0.15) is 27.2 Å². The molecule has 1 saturated heterocycles. The Balaban J connectivity index is 1.80. The van der Waals surface area contributed by atoms with Gasteiger partial charge in [0.2, 0.25) is 0 Å². The zero-order chi connectivity index (χ0) is 21.3. The second-order valence-electron chi connectivity index (χ2n) is 8.00. The van der Waals surface area contributed by atoms with Crippen molar-refractivity contribution < 1.29 is 14.6 Å². The van der Waals surface area contributed by atoms with Crippen molar-refractivity contribution in [1.29, 1.82) is 0 Å². The molecule has 1 atom stereocenters. The fourth-order valence-electron chi connectivity index (χ4n) is 3.21. The number of benzene rings is 1. The Bertz CT molecular complexity index is 917. The minimum absolute atomic E-state index is 0.00647. The Labute approximate surface area is 180 Å². The third-order valence-corrected chi connectivity index (χ3v) is 5.26. The van der Waals surface area contributed by atoms with E-state index in [-0.39, 0.29) is 17.9 Å². The number of aromatic hydroxyl groups is 1. The third kappa shape index (κ3) is 4.85. The number of amides is 1. The Hall–Kier alpha value is -2.25. The maximum Gasteiger partial charge on any atom is 0.410 e. The van der Waals surface area contributed by atoms with Crippen molar-refractivity contribution >= 4 is 35.1 Å². The molecule has 1 aromatic heterocycles. The summed E-state index contributed by atoms with van der Waals surface area (Å²) in [5, 5.41) is 11.0. The number of carbonyl (C=O) groups is 1. The second-order valence-corrected chi connectivity index (χ2v) is 8.82. The lowest BCUT2D eigenvalue weighted by Gasteiger charge is -2.28. The van der Waals surface area contributed by atoms with E-state index in [0.29, 0.717) is 40.2 Å². The van der Waals surface area contributed by atoms with E-state index in [2.05, 4.69) is 9.97 Å². The summed E-state index contributed by atoms with van der Waals surface area (Å²) in [6, 6.07) is 4.74. The number of hydrogen-bond donors (Lipinski definition) is 1. The Morgan fingerprint density at radius 1 is 1.31 bits per heavy atom. The molecule has 1 N–H and O–H groups in total. The molecule has 2 aromatic rings. The van der Waals surface area contributed by atoms with Crippen LogP contribution >= 0.6 is 23.2 Å². The first-order valence-electron chi connectivity index (χ1n) is 9.27. The molecule has 0 saturated carbocycles. The number of ether oxygens (including phenoxy) is 1. The zero-order valence-corrected chi connectivity index (χ0v) is 18.3. The molecule has 9 heteroatoms. The molecule has 1 aromatic carbocycles. The van der Waals surface area contributed by atoms with Gasteiger partial charge in [-0.1, -0.05) is 23.2 Å². The molecule has 2 heterocycles. The summed E-state index contributed by atoms with van der Waals surface area (Å²) in [7, 11) is 1.74. The van der Waals surface area contributed by atoms with Crippen LogP contribution < -0.4 is 4.90 Å². The molecule has 7 nitrogen and oxygen atoms in total. The van der Waals surface area contributed by atoms with Gasteiger partial charge in [0.25, 0.3) is 0 Å². The van der Waals surface area contributed by atoms with E-state index >= 15 is 0 Å². The summed E-state index contributed by atoms with van der Waals surface area (Å²) in [5.41, 5.74) is 0.356. The van der Waals surface area contributed by atoms with Gasteiger partial charge in [0.15, 0.2) is 5.82 Å². The van der Waals surface area contributed by atoms with Crippen LogP contribution in [0.2, 0.25) is 10.0 Å². The van der Waals surface area contributed by atoms with Crippen molar-refractivity contribution in [2.75, 3.05) is 25.0 Å². The maximum atomic E-state index is 12.4. The number of phenolic OH excluding ortho intramolecular Hbond substituents is 1. The number of phenols is 1. The van der Waals surface area contributed by atoms with Crippen LogP contribution in [-0.4, -0.2) is 57.8 Å². The van der Waals surface area contributed by atoms with Crippen molar-refractivity contribution in [1.82, 2.24) is 14.9 Å². The Morgan fingerprint density at radius 3 is 2.69 bits per heavy atom. The van der Waals surface area contributed by atoms with Crippen molar-refractivity contribution in [2.24, 2.45) is 0 Å². The van der Waals surface area contributed by atoms with E-state index in [1.54, 1.807) is 24.1 Å². The van der Waals surface area contributed by atoms with Gasteiger partial charge >= 0.3 is 6.09 Å². The average molecular weight is 439 g/mol. The summed E-state index contributed by atoms with van der Waals surface area (Å²) >= 11 is 12.5. The number of carbonyl (C=O) groups excluding carboxylic acids is 1. The number of hydrogen-bond acceptors (Lipinski definition) is 6. The van der Waals surface area contributed by atoms with Gasteiger partial charge in [-0.3, -0.25) is 0 Å². The summed E-state index contributed by atoms with van der Waals surface area (Å²) < 4.78 is 5.45. The van der Waals surface area contributed by atoms with Gasteiger partial charge in [-0.15, -0.1) is 0 Å². The van der Waals surface area contributed by atoms with Crippen LogP contribution in [0.25, 0.3) is 11.3 Å². The standard InChI is InChI=1S/C20H24Cl2N4O3/c1-20(2,3)29-19(28)25(4)13-7-8-26(10-13)18-16(22)17(23-11-24-18)14-6-5-12(21)9-15(14)27/h5-6,9,11,13,27H,7-8,10H2,1-4H3/t13-/m1/s1. The van der Waals surface area contributed by atoms with Crippen LogP contribution in [-0.2, 0) is 4.74 Å². The van der Waals surface area contributed by atoms with E-state index in [9.17, 15) is 9.90 Å². The summed E-state index contributed by atoms with van der Waals surface area (Å²) in [6.45, 7) is 6.77. The SMILES string of the molecule is CN(C(=O)OC(C)(C)C)[C@@H]1CCN(c2ncnc(-c3ccc(Cl)cc3O)c2Cl)C1. The molecule has 0 bridgehead atoms. The lowest BCUT2D eigenvalue weighted by atomic mass is 10.1. The van der Waals surface area contributed by atoms with Crippen LogP contribution in [0.4, 0.5) is 10.6 Å². The van der Waals surface area contributed by atoms with Crippen LogP contribution in [0.5, 0.6) is 5.75 Å². The Kier molecular flexibility index (Phi) is 6.10. The number of nitrogens with zero attached hydrogens (tertiary/aromatic N) is 4. The van der Waals surface area contributed by atoms with Gasteiger partial charge in [-0.05, 0) is 45.4 Å². The van der Waals surface area contributed by atoms with Crippen molar-refractivity contribution in [3.05, 3.63) is 34.6 Å². The summed E-state index contributed by atoms with van der Waals surface area (Å²) in [6.07, 6.45) is 1.82. The first kappa shape index (κ1) is 21.5. The normalized spacial score (nSPS) is 16.8. The van der Waals surface area contributed by atoms with Gasteiger partial charge in [0, 0.05) is 30.7 Å². The average Bonchev–Trinajstić information content (AvgIpc) is 3.10. The highest BCUT2D eigenvalue weighted by molar-refractivity contribution is 6.35. The molecule has 0 aliphatic carbocycles. The van der Waals surface area contributed by atoms with Crippen LogP contribution in [0.15, 0.2) is 24.5 Å². The van der Waals surface area contributed by atoms with Gasteiger partial charge in [-0.25, -0.2) is 14.8 Å². The molecular weight excluding hydrogens is 415 g/mol. The van der Waals surface area contributed by atoms with Gasteiger partial charge in [-0.2, -0.15) is 0 Å². The first-order valence-corrected chi connectivity index (χ1v) is 10.0. The van der Waals surface area contributed by atoms with Crippen molar-refractivity contribution in [2.45, 2.75) is 38.8 Å². The molecule has 156 valence electrons. The molecule has 1 fully saturated rings. The molecule has 29 heavy (non-hydrogen) atoms. The van der Waals surface area contributed by atoms with E-state index in [4.69, 9.17) is 27.9 Å². The Morgan fingerprint density at radius 2 is 2.03 bits per heavy atom. The van der Waals surface area contributed by atoms with E-state index in [1.807, 2.05) is 25.7 Å². The fraction of sp³-hybridized carbons (Fsp3) is 0.450. The smallest absolute Gasteiger partial charge is 0.410 e. The number of rotatable bonds is 3. The summed E-state index contributed by atoms with van der Waals surface area (Å²) in [5.74, 6) is 0.555. The second kappa shape index (κ2) is 8.24. The van der Waals surface area contributed by atoms with Crippen molar-refractivity contribution in [3.63, 3.8) is 0 Å². The lowest BCUT2D eigenvalue weighted by molar-refractivity contribution is 0.0238. The largest absolute Gasteiger partial charge is 0.507 e. The number of likely N-dealkylation sites (N-methyl/N-ethyl adjacent to an activating group) is 1. The van der Waals surface area contributed by atoms with Crippen LogP contribution in [0.3, 0.4) is 0 Å². The topological polar surface area (TPSA) is 78.8 Å². The van der Waals surface area contributed by atoms with Crippen LogP contribution in [0, 0.1) is 0 Å². The molecule has 0 spiro atoms. The minimum Gasteiger partial charge on any atom is -0.507 e. The highest BCUT2D eigenvalue weighted by Gasteiger charge is 2.32. The number of aromatic nitrogens is 2. The van der Waals surface area contributed by atoms with Crippen molar-refractivity contribution in [3.8, 4) is 17.0 Å². The predicted molar refractivity (Wildman–Crippen MR) is 114 cm³/mol. The monoisotopic (exact) mass is 438 g/mol. The van der Waals surface area contributed by atoms with Gasteiger partial charge in [0.1, 0.15) is 22.7 Å². The zero-order valence-electron chi connectivity index (χ0n) is 16.8. The molecular formula is C20H24Cl2N4O3. The first-order chi connectivity index (χ1) is 13.6. The minimum atomic E-state index is -0.547. The maximum absolute atomic E-state index is 12.4. The highest BCUT2D eigenvalue weighted by atomic mass is 35.5. The molecule has 1 amide bonds. The van der Waals surface area contributed by atoms with E-state index < -0.39 is 5.60 Å². The molecule has 3 rings (SSSR count). The van der Waals surface area contributed by atoms with Gasteiger partial charge in [0.05, 0.1) is 11.7 Å². The van der Waals surface area contributed by atoms with Gasteiger partial charge < -0.3 is 19.6 Å². The highest BCUT2D eigenvalue weighted by Crippen LogP contribution is 2.38. The van der Waals surface area contributed by atoms with E-state index in [0.717, 1.165) is 6.42 Å². The fourth-order valence-corrected chi connectivity index (χ4v) is 3.69. The third-order valence-electron chi connectivity index (χ3n) is 4.68. The molecule has 1 aliphatic rings. The predicted octanol–water partition coefficient (Wildman–Crippen LogP) is 4.60. The van der Waals surface area contributed by atoms with E-state index in [1.165, 1.54) is 12.4 Å². The quantitative estimate of drug-likeness (QED) is 0.753. The summed E-state index contributed by atoms with van der Waals surface area (Å²) in [4.78, 5) is 24.5. The molecule has 1 aliphatic heterocycles. The number of anilines is 1.